The molecule has 3 aromatic carbocycles. The van der Waals surface area contributed by atoms with Gasteiger partial charge in [-0.15, -0.1) is 0 Å². The van der Waals surface area contributed by atoms with E-state index in [-0.39, 0.29) is 29.8 Å². The summed E-state index contributed by atoms with van der Waals surface area (Å²) in [6, 6.07) is 22.3. The Kier molecular flexibility index (Phi) is 9.34. The summed E-state index contributed by atoms with van der Waals surface area (Å²) >= 11 is 12.7. The fourth-order valence-electron chi connectivity index (χ4n) is 7.86. The average Bonchev–Trinajstić information content (AvgIpc) is 3.02. The van der Waals surface area contributed by atoms with Crippen LogP contribution in [-0.4, -0.2) is 66.9 Å². The zero-order valence-corrected chi connectivity index (χ0v) is 27.1. The Bertz CT molecular complexity index is 1490. The van der Waals surface area contributed by atoms with E-state index in [0.717, 1.165) is 36.2 Å². The molecule has 6 nitrogen and oxygen atoms in total. The van der Waals surface area contributed by atoms with Crippen LogP contribution < -0.4 is 10.6 Å². The molecule has 0 spiro atoms. The van der Waals surface area contributed by atoms with E-state index in [4.69, 9.17) is 23.2 Å². The number of carbonyl (C=O) groups is 2. The molecular weight excluding hydrogens is 591 g/mol. The molecular formula is C36H42Cl2N4O2. The first-order chi connectivity index (χ1) is 21.2. The number of nitrogens with one attached hydrogen (secondary N) is 2. The van der Waals surface area contributed by atoms with Gasteiger partial charge < -0.3 is 20.4 Å². The largest absolute Gasteiger partial charge is 0.334 e. The maximum absolute atomic E-state index is 13.9. The van der Waals surface area contributed by atoms with Crippen LogP contribution in [0.3, 0.4) is 0 Å². The van der Waals surface area contributed by atoms with E-state index in [2.05, 4.69) is 47.0 Å². The molecule has 8 heteroatoms. The van der Waals surface area contributed by atoms with Crippen LogP contribution in [-0.2, 0) is 11.2 Å². The lowest BCUT2D eigenvalue weighted by Gasteiger charge is -2.53. The van der Waals surface area contributed by atoms with E-state index in [1.807, 2.05) is 47.9 Å². The highest BCUT2D eigenvalue weighted by molar-refractivity contribution is 6.42. The van der Waals surface area contributed by atoms with Crippen molar-refractivity contribution in [1.29, 1.82) is 0 Å². The highest BCUT2D eigenvalue weighted by Gasteiger charge is 2.47. The van der Waals surface area contributed by atoms with Gasteiger partial charge in [-0.05, 0) is 87.4 Å². The van der Waals surface area contributed by atoms with Gasteiger partial charge in [-0.2, -0.15) is 0 Å². The number of aryl methyl sites for hydroxylation is 2. The SMILES string of the molecule is Cc1cc(C)cc(C(=O)N2CCN(C(=O)CNCC3(Cc4ccccc4)CC4CCC3NC4)[C@H](c3ccc(Cl)c(Cl)c3)C2)c1. The fraction of sp³-hybridized carbons (Fsp3) is 0.444. The van der Waals surface area contributed by atoms with Crippen LogP contribution in [0.4, 0.5) is 0 Å². The lowest BCUT2D eigenvalue weighted by molar-refractivity contribution is -0.135. The Morgan fingerprint density at radius 3 is 2.39 bits per heavy atom. The van der Waals surface area contributed by atoms with Crippen molar-refractivity contribution >= 4 is 35.0 Å². The smallest absolute Gasteiger partial charge is 0.254 e. The molecule has 232 valence electrons. The lowest BCUT2D eigenvalue weighted by atomic mass is 9.61. The molecule has 2 N–H and O–H groups in total. The van der Waals surface area contributed by atoms with Gasteiger partial charge >= 0.3 is 0 Å². The summed E-state index contributed by atoms with van der Waals surface area (Å²) in [6.07, 6.45) is 4.63. The minimum absolute atomic E-state index is 0.0187. The van der Waals surface area contributed by atoms with Gasteiger partial charge in [0.05, 0.1) is 22.6 Å². The average molecular weight is 634 g/mol. The molecule has 0 aromatic heterocycles. The topological polar surface area (TPSA) is 64.7 Å². The molecule has 4 atom stereocenters. The first-order valence-electron chi connectivity index (χ1n) is 15.8. The summed E-state index contributed by atoms with van der Waals surface area (Å²) in [6.45, 7) is 7.44. The van der Waals surface area contributed by atoms with Crippen molar-refractivity contribution in [2.24, 2.45) is 11.3 Å². The van der Waals surface area contributed by atoms with Crippen molar-refractivity contribution in [3.63, 3.8) is 0 Å². The van der Waals surface area contributed by atoms with Crippen molar-refractivity contribution in [2.45, 2.75) is 51.6 Å². The highest BCUT2D eigenvalue weighted by Crippen LogP contribution is 2.45. The first-order valence-corrected chi connectivity index (χ1v) is 16.6. The van der Waals surface area contributed by atoms with Crippen LogP contribution in [0.25, 0.3) is 0 Å². The maximum Gasteiger partial charge on any atom is 0.254 e. The van der Waals surface area contributed by atoms with E-state index in [1.54, 1.807) is 6.07 Å². The number of nitrogens with zero attached hydrogens (tertiary/aromatic N) is 2. The number of hydrogen-bond donors (Lipinski definition) is 2. The zero-order valence-electron chi connectivity index (χ0n) is 25.6. The molecule has 2 bridgehead atoms. The van der Waals surface area contributed by atoms with Crippen molar-refractivity contribution in [1.82, 2.24) is 20.4 Å². The second kappa shape index (κ2) is 13.2. The Hall–Kier alpha value is -2.90. The van der Waals surface area contributed by atoms with E-state index in [9.17, 15) is 9.59 Å². The molecule has 2 amide bonds. The fourth-order valence-corrected chi connectivity index (χ4v) is 8.16. The molecule has 3 heterocycles. The molecule has 3 aromatic rings. The number of fused-ring (bicyclic) bond motifs is 3. The van der Waals surface area contributed by atoms with Crippen LogP contribution >= 0.6 is 23.2 Å². The van der Waals surface area contributed by atoms with Crippen LogP contribution in [0.5, 0.6) is 0 Å². The molecule has 7 rings (SSSR count). The maximum atomic E-state index is 13.9. The van der Waals surface area contributed by atoms with Gasteiger partial charge in [-0.1, -0.05) is 76.8 Å². The lowest BCUT2D eigenvalue weighted by Crippen LogP contribution is -2.61. The molecule has 0 radical (unpaired) electrons. The third-order valence-corrected chi connectivity index (χ3v) is 10.6. The molecule has 1 aliphatic carbocycles. The van der Waals surface area contributed by atoms with Gasteiger partial charge in [0.1, 0.15) is 0 Å². The van der Waals surface area contributed by atoms with Gasteiger partial charge in [0, 0.05) is 43.2 Å². The number of carbonyl (C=O) groups excluding carboxylic acids is 2. The quantitative estimate of drug-likeness (QED) is 0.309. The zero-order chi connectivity index (χ0) is 30.8. The first kappa shape index (κ1) is 31.1. The number of halogens is 2. The van der Waals surface area contributed by atoms with Crippen LogP contribution in [0.15, 0.2) is 66.7 Å². The van der Waals surface area contributed by atoms with Gasteiger partial charge in [0.25, 0.3) is 5.91 Å². The minimum Gasteiger partial charge on any atom is -0.334 e. The minimum atomic E-state index is -0.326. The summed E-state index contributed by atoms with van der Waals surface area (Å²) in [4.78, 5) is 31.3. The summed E-state index contributed by atoms with van der Waals surface area (Å²) in [7, 11) is 0. The summed E-state index contributed by atoms with van der Waals surface area (Å²) < 4.78 is 0. The molecule has 3 saturated heterocycles. The predicted octanol–water partition coefficient (Wildman–Crippen LogP) is 6.23. The number of amides is 2. The second-order valence-electron chi connectivity index (χ2n) is 13.1. The highest BCUT2D eigenvalue weighted by atomic mass is 35.5. The number of piperidine rings is 2. The summed E-state index contributed by atoms with van der Waals surface area (Å²) in [5.41, 5.74) is 5.08. The predicted molar refractivity (Wildman–Crippen MR) is 177 cm³/mol. The van der Waals surface area contributed by atoms with E-state index >= 15 is 0 Å². The van der Waals surface area contributed by atoms with Crippen LogP contribution in [0.1, 0.15) is 57.9 Å². The van der Waals surface area contributed by atoms with Crippen molar-refractivity contribution in [2.75, 3.05) is 39.3 Å². The third-order valence-electron chi connectivity index (χ3n) is 9.89. The Balaban J connectivity index is 1.18. The Morgan fingerprint density at radius 2 is 1.73 bits per heavy atom. The second-order valence-corrected chi connectivity index (χ2v) is 14.0. The summed E-state index contributed by atoms with van der Waals surface area (Å²) in [5.74, 6) is 0.696. The van der Waals surface area contributed by atoms with E-state index in [1.165, 1.54) is 24.8 Å². The van der Waals surface area contributed by atoms with Crippen molar-refractivity contribution < 1.29 is 9.59 Å². The van der Waals surface area contributed by atoms with E-state index in [0.29, 0.717) is 47.2 Å². The normalized spacial score (nSPS) is 24.9. The van der Waals surface area contributed by atoms with E-state index < -0.39 is 0 Å². The molecule has 1 saturated carbocycles. The van der Waals surface area contributed by atoms with Gasteiger partial charge in [-0.25, -0.2) is 0 Å². The van der Waals surface area contributed by atoms with Crippen molar-refractivity contribution in [3.8, 4) is 0 Å². The molecule has 4 fully saturated rings. The monoisotopic (exact) mass is 632 g/mol. The number of benzene rings is 3. The molecule has 4 aliphatic rings. The van der Waals surface area contributed by atoms with Gasteiger partial charge in [0.15, 0.2) is 0 Å². The summed E-state index contributed by atoms with van der Waals surface area (Å²) in [5, 5.41) is 8.32. The van der Waals surface area contributed by atoms with Gasteiger partial charge in [0.2, 0.25) is 5.91 Å². The van der Waals surface area contributed by atoms with Crippen molar-refractivity contribution in [3.05, 3.63) is 105 Å². The van der Waals surface area contributed by atoms with Crippen LogP contribution in [0.2, 0.25) is 10.0 Å². The molecule has 3 unspecified atom stereocenters. The molecule has 3 aliphatic heterocycles. The molecule has 44 heavy (non-hydrogen) atoms. The number of piperazine rings is 1. The standard InChI is InChI=1S/C36H42Cl2N4O2/c1-24-14-25(2)16-29(15-24)35(44)41-12-13-42(32(22-41)28-9-10-30(37)31(38)17-28)34(43)21-39-23-36(18-26-6-4-3-5-7-26)19-27-8-11-33(36)40-20-27/h3-7,9-10,14-17,27,32-33,39-40H,8,11-13,18-23H2,1-2H3/t27?,32-,33?,36?/m0/s1. The van der Waals surface area contributed by atoms with Crippen LogP contribution in [0, 0.1) is 25.2 Å². The number of rotatable bonds is 8. The number of hydrogen-bond acceptors (Lipinski definition) is 4. The van der Waals surface area contributed by atoms with Gasteiger partial charge in [-0.3, -0.25) is 9.59 Å². The Labute approximate surface area is 271 Å². The third kappa shape index (κ3) is 6.69. The Morgan fingerprint density at radius 1 is 0.955 bits per heavy atom.